The average molecular weight is 335 g/mol. The van der Waals surface area contributed by atoms with Gasteiger partial charge in [-0.25, -0.2) is 0 Å². The Morgan fingerprint density at radius 3 is 2.50 bits per heavy atom. The van der Waals surface area contributed by atoms with E-state index in [2.05, 4.69) is 73.3 Å². The predicted molar refractivity (Wildman–Crippen MR) is 99.2 cm³/mol. The lowest BCUT2D eigenvalue weighted by Gasteiger charge is -2.33. The smallest absolute Gasteiger partial charge is 0.0555 e. The van der Waals surface area contributed by atoms with Crippen LogP contribution in [0.1, 0.15) is 12.0 Å². The molecule has 1 aliphatic heterocycles. The Balaban J connectivity index is 0.00000176. The highest BCUT2D eigenvalue weighted by molar-refractivity contribution is 7.99. The van der Waals surface area contributed by atoms with E-state index in [-0.39, 0.29) is 12.4 Å². The molecule has 0 bridgehead atoms. The largest absolute Gasteiger partial charge is 0.340 e. The first-order valence-electron chi connectivity index (χ1n) is 7.45. The summed E-state index contributed by atoms with van der Waals surface area (Å²) in [6.07, 6.45) is 1.17. The fourth-order valence-electron chi connectivity index (χ4n) is 2.73. The van der Waals surface area contributed by atoms with Crippen LogP contribution in [0.5, 0.6) is 0 Å². The zero-order chi connectivity index (χ0) is 14.8. The minimum atomic E-state index is 0. The fourth-order valence-corrected chi connectivity index (χ4v) is 3.80. The zero-order valence-corrected chi connectivity index (χ0v) is 15.0. The quantitative estimate of drug-likeness (QED) is 0.779. The summed E-state index contributed by atoms with van der Waals surface area (Å²) in [4.78, 5) is 7.46. The van der Waals surface area contributed by atoms with Crippen molar-refractivity contribution >= 4 is 35.5 Å². The van der Waals surface area contributed by atoms with E-state index in [0.29, 0.717) is 0 Å². The van der Waals surface area contributed by atoms with E-state index in [1.807, 2.05) is 11.8 Å². The van der Waals surface area contributed by atoms with Crippen molar-refractivity contribution in [2.24, 2.45) is 0 Å². The van der Waals surface area contributed by atoms with Crippen LogP contribution in [0.15, 0.2) is 52.3 Å². The van der Waals surface area contributed by atoms with E-state index in [9.17, 15) is 0 Å². The highest BCUT2D eigenvalue weighted by Gasteiger charge is 2.22. The first kappa shape index (κ1) is 17.2. The number of rotatable bonds is 4. The monoisotopic (exact) mass is 334 g/mol. The van der Waals surface area contributed by atoms with Gasteiger partial charge in [0.25, 0.3) is 0 Å². The molecular formula is C18H23ClN2S. The molecular weight excluding hydrogens is 312 g/mol. The molecule has 0 saturated heterocycles. The Bertz CT molecular complexity index is 643. The first-order valence-corrected chi connectivity index (χ1v) is 8.26. The van der Waals surface area contributed by atoms with Crippen LogP contribution in [0.25, 0.3) is 0 Å². The number of para-hydroxylation sites is 1. The van der Waals surface area contributed by atoms with E-state index in [0.717, 1.165) is 13.1 Å². The van der Waals surface area contributed by atoms with E-state index in [1.165, 1.54) is 33.2 Å². The SMILES string of the molecule is Cc1ccc2c(c1)N(CCCN(C)C)c1ccccc1S2.Cl. The maximum absolute atomic E-state index is 2.48. The molecule has 0 aliphatic carbocycles. The molecule has 2 aromatic rings. The van der Waals surface area contributed by atoms with E-state index in [4.69, 9.17) is 0 Å². The summed E-state index contributed by atoms with van der Waals surface area (Å²) in [5, 5.41) is 0. The third kappa shape index (κ3) is 3.60. The third-order valence-corrected chi connectivity index (χ3v) is 4.90. The summed E-state index contributed by atoms with van der Waals surface area (Å²) in [6.45, 7) is 4.35. The summed E-state index contributed by atoms with van der Waals surface area (Å²) in [6, 6.07) is 15.5. The molecule has 2 aromatic carbocycles. The van der Waals surface area contributed by atoms with Gasteiger partial charge in [-0.1, -0.05) is 30.0 Å². The Morgan fingerprint density at radius 1 is 1.00 bits per heavy atom. The van der Waals surface area contributed by atoms with Crippen molar-refractivity contribution < 1.29 is 0 Å². The number of nitrogens with zero attached hydrogens (tertiary/aromatic N) is 2. The number of benzene rings is 2. The third-order valence-electron chi connectivity index (χ3n) is 3.77. The molecule has 1 heterocycles. The second kappa shape index (κ2) is 7.40. The van der Waals surface area contributed by atoms with Crippen molar-refractivity contribution in [3.8, 4) is 0 Å². The van der Waals surface area contributed by atoms with Gasteiger partial charge >= 0.3 is 0 Å². The number of anilines is 2. The molecule has 0 amide bonds. The number of fused-ring (bicyclic) bond motifs is 2. The molecule has 0 saturated carbocycles. The molecule has 0 spiro atoms. The maximum atomic E-state index is 2.48. The summed E-state index contributed by atoms with van der Waals surface area (Å²) in [7, 11) is 4.27. The molecule has 0 atom stereocenters. The predicted octanol–water partition coefficient (Wildman–Crippen LogP) is 4.97. The van der Waals surface area contributed by atoms with Crippen molar-refractivity contribution in [2.45, 2.75) is 23.1 Å². The molecule has 0 unspecified atom stereocenters. The van der Waals surface area contributed by atoms with Gasteiger partial charge in [0.1, 0.15) is 0 Å². The van der Waals surface area contributed by atoms with Gasteiger partial charge in [0, 0.05) is 16.3 Å². The van der Waals surface area contributed by atoms with Crippen molar-refractivity contribution in [2.75, 3.05) is 32.1 Å². The van der Waals surface area contributed by atoms with Crippen molar-refractivity contribution in [1.82, 2.24) is 4.90 Å². The highest BCUT2D eigenvalue weighted by atomic mass is 35.5. The van der Waals surface area contributed by atoms with E-state index in [1.54, 1.807) is 0 Å². The normalized spacial score (nSPS) is 12.6. The standard InChI is InChI=1S/C18H22N2S.ClH/c1-14-9-10-18-16(13-14)20(12-6-11-19(2)3)15-7-4-5-8-17(15)21-18;/h4-5,7-10,13H,6,11-12H2,1-3H3;1H. The molecule has 0 aromatic heterocycles. The second-order valence-electron chi connectivity index (χ2n) is 5.85. The minimum Gasteiger partial charge on any atom is -0.340 e. The van der Waals surface area contributed by atoms with Gasteiger partial charge in [-0.05, 0) is 63.8 Å². The lowest BCUT2D eigenvalue weighted by atomic mass is 10.1. The van der Waals surface area contributed by atoms with Crippen LogP contribution in [0.4, 0.5) is 11.4 Å². The van der Waals surface area contributed by atoms with Gasteiger partial charge in [-0.2, -0.15) is 0 Å². The van der Waals surface area contributed by atoms with Gasteiger partial charge in [0.15, 0.2) is 0 Å². The molecule has 22 heavy (non-hydrogen) atoms. The molecule has 118 valence electrons. The number of hydrogen-bond acceptors (Lipinski definition) is 3. The van der Waals surface area contributed by atoms with E-state index >= 15 is 0 Å². The van der Waals surface area contributed by atoms with Crippen LogP contribution in [-0.4, -0.2) is 32.1 Å². The Morgan fingerprint density at radius 2 is 1.73 bits per heavy atom. The van der Waals surface area contributed by atoms with Crippen LogP contribution in [0.3, 0.4) is 0 Å². The van der Waals surface area contributed by atoms with Gasteiger partial charge in [-0.15, -0.1) is 12.4 Å². The Labute approximate surface area is 143 Å². The minimum absolute atomic E-state index is 0. The summed E-state index contributed by atoms with van der Waals surface area (Å²) in [5.74, 6) is 0. The van der Waals surface area contributed by atoms with Crippen molar-refractivity contribution in [3.63, 3.8) is 0 Å². The average Bonchev–Trinajstić information content (AvgIpc) is 2.46. The number of hydrogen-bond donors (Lipinski definition) is 0. The molecule has 0 N–H and O–H groups in total. The van der Waals surface area contributed by atoms with Gasteiger partial charge in [0.2, 0.25) is 0 Å². The van der Waals surface area contributed by atoms with Gasteiger partial charge < -0.3 is 9.80 Å². The zero-order valence-electron chi connectivity index (χ0n) is 13.4. The van der Waals surface area contributed by atoms with Crippen LogP contribution < -0.4 is 4.90 Å². The molecule has 4 heteroatoms. The molecule has 2 nitrogen and oxygen atoms in total. The maximum Gasteiger partial charge on any atom is 0.0555 e. The van der Waals surface area contributed by atoms with E-state index < -0.39 is 0 Å². The van der Waals surface area contributed by atoms with Gasteiger partial charge in [-0.3, -0.25) is 0 Å². The topological polar surface area (TPSA) is 6.48 Å². The lowest BCUT2D eigenvalue weighted by molar-refractivity contribution is 0.402. The van der Waals surface area contributed by atoms with Gasteiger partial charge in [0.05, 0.1) is 11.4 Å². The van der Waals surface area contributed by atoms with Crippen molar-refractivity contribution in [3.05, 3.63) is 48.0 Å². The highest BCUT2D eigenvalue weighted by Crippen LogP contribution is 2.48. The molecule has 3 rings (SSSR count). The fraction of sp³-hybridized carbons (Fsp3) is 0.333. The van der Waals surface area contributed by atoms with Crippen LogP contribution in [0.2, 0.25) is 0 Å². The molecule has 0 radical (unpaired) electrons. The number of aryl methyl sites for hydroxylation is 1. The second-order valence-corrected chi connectivity index (χ2v) is 6.93. The number of halogens is 1. The Hall–Kier alpha value is -1.16. The van der Waals surface area contributed by atoms with Crippen LogP contribution in [-0.2, 0) is 0 Å². The Kier molecular flexibility index (Phi) is 5.79. The first-order chi connectivity index (χ1) is 10.1. The molecule has 0 fully saturated rings. The van der Waals surface area contributed by atoms with Crippen LogP contribution in [0, 0.1) is 6.92 Å². The van der Waals surface area contributed by atoms with Crippen molar-refractivity contribution in [1.29, 1.82) is 0 Å². The summed E-state index contributed by atoms with van der Waals surface area (Å²) in [5.41, 5.74) is 4.03. The molecule has 1 aliphatic rings. The van der Waals surface area contributed by atoms with Crippen LogP contribution >= 0.6 is 24.2 Å². The lowest BCUT2D eigenvalue weighted by Crippen LogP contribution is -2.25. The summed E-state index contributed by atoms with van der Waals surface area (Å²) < 4.78 is 0. The summed E-state index contributed by atoms with van der Waals surface area (Å²) >= 11 is 1.88.